The van der Waals surface area contributed by atoms with Crippen molar-refractivity contribution < 1.29 is 18.0 Å². The zero-order valence-corrected chi connectivity index (χ0v) is 12.4. The van der Waals surface area contributed by atoms with Crippen LogP contribution in [0.1, 0.15) is 21.6 Å². The Balaban J connectivity index is 2.15. The van der Waals surface area contributed by atoms with Crippen molar-refractivity contribution in [1.29, 1.82) is 0 Å². The van der Waals surface area contributed by atoms with Crippen LogP contribution < -0.4 is 5.32 Å². The Kier molecular flexibility index (Phi) is 4.32. The molecule has 2 aromatic rings. The fraction of sp³-hybridized carbons (Fsp3) is 0.143. The van der Waals surface area contributed by atoms with Crippen molar-refractivity contribution in [2.45, 2.75) is 13.1 Å². The van der Waals surface area contributed by atoms with Gasteiger partial charge in [-0.15, -0.1) is 0 Å². The number of aromatic nitrogens is 1. The van der Waals surface area contributed by atoms with E-state index in [-0.39, 0.29) is 5.69 Å². The van der Waals surface area contributed by atoms with E-state index in [0.717, 1.165) is 22.2 Å². The van der Waals surface area contributed by atoms with Crippen LogP contribution in [0.2, 0.25) is 0 Å². The third kappa shape index (κ3) is 3.81. The molecule has 0 radical (unpaired) electrons. The van der Waals surface area contributed by atoms with E-state index in [2.05, 4.69) is 26.2 Å². The molecule has 0 atom stereocenters. The van der Waals surface area contributed by atoms with E-state index >= 15 is 0 Å². The highest BCUT2D eigenvalue weighted by atomic mass is 79.9. The van der Waals surface area contributed by atoms with Gasteiger partial charge in [-0.1, -0.05) is 15.9 Å². The predicted octanol–water partition coefficient (Wildman–Crippen LogP) is 4.42. The fourth-order valence-corrected chi connectivity index (χ4v) is 1.86. The molecule has 0 unspecified atom stereocenters. The number of hydrogen-bond donors (Lipinski definition) is 1. The molecular formula is C14H10BrF3N2O. The van der Waals surface area contributed by atoms with Crippen LogP contribution in [0.4, 0.5) is 18.9 Å². The van der Waals surface area contributed by atoms with Gasteiger partial charge in [0.25, 0.3) is 5.91 Å². The number of carbonyl (C=O) groups is 1. The molecule has 1 aromatic heterocycles. The summed E-state index contributed by atoms with van der Waals surface area (Å²) in [4.78, 5) is 15.4. The second-order valence-corrected chi connectivity index (χ2v) is 5.20. The standard InChI is InChI=1S/C14H10BrF3N2O/c1-8-6-10(3-4-11(8)15)20-13(21)12-5-2-9(7-19-12)14(16,17)18/h2-7H,1H3,(H,20,21). The van der Waals surface area contributed by atoms with Gasteiger partial charge >= 0.3 is 6.18 Å². The first kappa shape index (κ1) is 15.5. The predicted molar refractivity (Wildman–Crippen MR) is 76.1 cm³/mol. The lowest BCUT2D eigenvalue weighted by molar-refractivity contribution is -0.137. The average Bonchev–Trinajstić information content (AvgIpc) is 2.42. The molecule has 1 N–H and O–H groups in total. The molecule has 21 heavy (non-hydrogen) atoms. The third-order valence-corrected chi connectivity index (χ3v) is 3.63. The van der Waals surface area contributed by atoms with E-state index in [4.69, 9.17) is 0 Å². The molecular weight excluding hydrogens is 349 g/mol. The topological polar surface area (TPSA) is 42.0 Å². The number of pyridine rings is 1. The Labute approximate surface area is 127 Å². The lowest BCUT2D eigenvalue weighted by atomic mass is 10.2. The normalized spacial score (nSPS) is 11.3. The molecule has 0 bridgehead atoms. The van der Waals surface area contributed by atoms with Crippen LogP contribution >= 0.6 is 15.9 Å². The first-order valence-corrected chi connectivity index (χ1v) is 6.67. The Hall–Kier alpha value is -1.89. The summed E-state index contributed by atoms with van der Waals surface area (Å²) in [6.45, 7) is 1.86. The van der Waals surface area contributed by atoms with E-state index in [0.29, 0.717) is 11.9 Å². The van der Waals surface area contributed by atoms with Crippen molar-refractivity contribution in [3.05, 3.63) is 57.8 Å². The van der Waals surface area contributed by atoms with Gasteiger partial charge in [0.05, 0.1) is 5.56 Å². The van der Waals surface area contributed by atoms with Crippen molar-refractivity contribution in [3.8, 4) is 0 Å². The molecule has 0 aliphatic heterocycles. The van der Waals surface area contributed by atoms with Crippen molar-refractivity contribution in [3.63, 3.8) is 0 Å². The van der Waals surface area contributed by atoms with Crippen LogP contribution in [0, 0.1) is 6.92 Å². The third-order valence-electron chi connectivity index (χ3n) is 2.74. The minimum atomic E-state index is -4.47. The largest absolute Gasteiger partial charge is 0.417 e. The number of nitrogens with zero attached hydrogens (tertiary/aromatic N) is 1. The van der Waals surface area contributed by atoms with Crippen LogP contribution in [0.25, 0.3) is 0 Å². The number of amides is 1. The molecule has 1 aromatic carbocycles. The second kappa shape index (κ2) is 5.85. The maximum Gasteiger partial charge on any atom is 0.417 e. The highest BCUT2D eigenvalue weighted by molar-refractivity contribution is 9.10. The Morgan fingerprint density at radius 2 is 1.95 bits per heavy atom. The van der Waals surface area contributed by atoms with Gasteiger partial charge in [0.2, 0.25) is 0 Å². The molecule has 110 valence electrons. The number of benzene rings is 1. The summed E-state index contributed by atoms with van der Waals surface area (Å²) in [6.07, 6.45) is -3.83. The number of nitrogens with one attached hydrogen (secondary N) is 1. The number of rotatable bonds is 2. The molecule has 0 spiro atoms. The van der Waals surface area contributed by atoms with Crippen molar-refractivity contribution in [1.82, 2.24) is 4.98 Å². The highest BCUT2D eigenvalue weighted by Crippen LogP contribution is 2.28. The summed E-state index contributed by atoms with van der Waals surface area (Å²) < 4.78 is 38.1. The Morgan fingerprint density at radius 3 is 2.48 bits per heavy atom. The van der Waals surface area contributed by atoms with E-state index in [1.165, 1.54) is 0 Å². The number of anilines is 1. The molecule has 2 rings (SSSR count). The van der Waals surface area contributed by atoms with E-state index in [1.54, 1.807) is 18.2 Å². The Bertz CT molecular complexity index is 669. The number of alkyl halides is 3. The highest BCUT2D eigenvalue weighted by Gasteiger charge is 2.30. The maximum absolute atomic E-state index is 12.4. The summed E-state index contributed by atoms with van der Waals surface area (Å²) >= 11 is 3.34. The summed E-state index contributed by atoms with van der Waals surface area (Å²) in [5.74, 6) is -0.564. The second-order valence-electron chi connectivity index (χ2n) is 4.35. The SMILES string of the molecule is Cc1cc(NC(=O)c2ccc(C(F)(F)F)cn2)ccc1Br. The minimum absolute atomic E-state index is 0.0800. The quantitative estimate of drug-likeness (QED) is 0.862. The number of halogens is 4. The molecule has 0 saturated carbocycles. The summed E-state index contributed by atoms with van der Waals surface area (Å²) in [5, 5.41) is 2.58. The molecule has 3 nitrogen and oxygen atoms in total. The summed E-state index contributed by atoms with van der Waals surface area (Å²) in [6, 6.07) is 7.06. The van der Waals surface area contributed by atoms with Crippen molar-refractivity contribution in [2.75, 3.05) is 5.32 Å². The fourth-order valence-electron chi connectivity index (χ4n) is 1.61. The zero-order chi connectivity index (χ0) is 15.6. The van der Waals surface area contributed by atoms with Gasteiger partial charge in [0.1, 0.15) is 5.69 Å². The molecule has 0 saturated heterocycles. The van der Waals surface area contributed by atoms with Gasteiger partial charge in [0.15, 0.2) is 0 Å². The Morgan fingerprint density at radius 1 is 1.24 bits per heavy atom. The number of hydrogen-bond acceptors (Lipinski definition) is 2. The molecule has 0 fully saturated rings. The van der Waals surface area contributed by atoms with E-state index < -0.39 is 17.6 Å². The van der Waals surface area contributed by atoms with Crippen LogP contribution in [0.3, 0.4) is 0 Å². The van der Waals surface area contributed by atoms with Crippen LogP contribution in [0.15, 0.2) is 41.0 Å². The van der Waals surface area contributed by atoms with Gasteiger partial charge in [-0.05, 0) is 42.8 Å². The van der Waals surface area contributed by atoms with Crippen LogP contribution in [-0.4, -0.2) is 10.9 Å². The molecule has 7 heteroatoms. The summed E-state index contributed by atoms with van der Waals surface area (Å²) in [7, 11) is 0. The first-order chi connectivity index (χ1) is 9.77. The molecule has 1 heterocycles. The first-order valence-electron chi connectivity index (χ1n) is 5.88. The van der Waals surface area contributed by atoms with Gasteiger partial charge in [-0.2, -0.15) is 13.2 Å². The molecule has 0 aliphatic rings. The van der Waals surface area contributed by atoms with Gasteiger partial charge in [-0.25, -0.2) is 0 Å². The van der Waals surface area contributed by atoms with Crippen molar-refractivity contribution in [2.24, 2.45) is 0 Å². The smallest absolute Gasteiger partial charge is 0.321 e. The summed E-state index contributed by atoms with van der Waals surface area (Å²) in [5.41, 5.74) is 0.498. The van der Waals surface area contributed by atoms with E-state index in [9.17, 15) is 18.0 Å². The van der Waals surface area contributed by atoms with Gasteiger partial charge in [0, 0.05) is 16.4 Å². The van der Waals surface area contributed by atoms with Crippen LogP contribution in [-0.2, 0) is 6.18 Å². The van der Waals surface area contributed by atoms with Gasteiger partial charge in [-0.3, -0.25) is 9.78 Å². The lowest BCUT2D eigenvalue weighted by Crippen LogP contribution is -2.15. The zero-order valence-electron chi connectivity index (χ0n) is 10.8. The number of carbonyl (C=O) groups excluding carboxylic acids is 1. The monoisotopic (exact) mass is 358 g/mol. The lowest BCUT2D eigenvalue weighted by Gasteiger charge is -2.08. The van der Waals surface area contributed by atoms with Crippen LogP contribution in [0.5, 0.6) is 0 Å². The maximum atomic E-state index is 12.4. The molecule has 1 amide bonds. The molecule has 0 aliphatic carbocycles. The average molecular weight is 359 g/mol. The van der Waals surface area contributed by atoms with Gasteiger partial charge < -0.3 is 5.32 Å². The minimum Gasteiger partial charge on any atom is -0.321 e. The van der Waals surface area contributed by atoms with E-state index in [1.807, 2.05) is 6.92 Å². The van der Waals surface area contributed by atoms with Crippen molar-refractivity contribution >= 4 is 27.5 Å². The number of aryl methyl sites for hydroxylation is 1.